The maximum Gasteiger partial charge on any atom is 0.273 e. The van der Waals surface area contributed by atoms with Crippen LogP contribution in [-0.4, -0.2) is 20.5 Å². The highest BCUT2D eigenvalue weighted by molar-refractivity contribution is 7.80. The second-order valence-corrected chi connectivity index (χ2v) is 3.39. The summed E-state index contributed by atoms with van der Waals surface area (Å²) in [6, 6.07) is 0. The van der Waals surface area contributed by atoms with Gasteiger partial charge in [-0.1, -0.05) is 0 Å². The van der Waals surface area contributed by atoms with Crippen LogP contribution in [0.2, 0.25) is 0 Å². The number of nitrogen functional groups attached to an aromatic ring is 1. The monoisotopic (exact) mass is 213 g/mol. The second-order valence-electron chi connectivity index (χ2n) is 2.62. The van der Waals surface area contributed by atoms with E-state index < -0.39 is 0 Å². The fourth-order valence-electron chi connectivity index (χ4n) is 0.843. The Morgan fingerprint density at radius 1 is 1.36 bits per heavy atom. The Morgan fingerprint density at radius 3 is 2.64 bits per heavy atom. The van der Waals surface area contributed by atoms with E-state index in [4.69, 9.17) is 10.2 Å². The van der Waals surface area contributed by atoms with Gasteiger partial charge in [-0.25, -0.2) is 4.63 Å². The van der Waals surface area contributed by atoms with Gasteiger partial charge in [-0.2, -0.15) is 12.6 Å². The summed E-state index contributed by atoms with van der Waals surface area (Å²) in [5, 5.41) is 14.3. The molecule has 0 aliphatic heterocycles. The fraction of sp³-hybridized carbons (Fsp3) is 0.333. The van der Waals surface area contributed by atoms with Crippen LogP contribution in [0.25, 0.3) is 11.6 Å². The van der Waals surface area contributed by atoms with Gasteiger partial charge in [0.05, 0.1) is 5.25 Å². The normalized spacial score (nSPS) is 13.0. The highest BCUT2D eigenvalue weighted by atomic mass is 32.1. The van der Waals surface area contributed by atoms with Gasteiger partial charge in [0.2, 0.25) is 17.4 Å². The third-order valence-electron chi connectivity index (χ3n) is 1.51. The highest BCUT2D eigenvalue weighted by Crippen LogP contribution is 2.24. The number of anilines is 1. The summed E-state index contributed by atoms with van der Waals surface area (Å²) >= 11 is 4.14. The molecule has 1 atom stereocenters. The van der Waals surface area contributed by atoms with E-state index >= 15 is 0 Å². The molecule has 0 bridgehead atoms. The van der Waals surface area contributed by atoms with Crippen molar-refractivity contribution in [2.24, 2.45) is 0 Å². The lowest BCUT2D eigenvalue weighted by Gasteiger charge is -1.92. The van der Waals surface area contributed by atoms with Crippen molar-refractivity contribution >= 4 is 18.4 Å². The van der Waals surface area contributed by atoms with Gasteiger partial charge in [0.15, 0.2) is 0 Å². The van der Waals surface area contributed by atoms with Gasteiger partial charge in [0, 0.05) is 0 Å². The number of hydrogen-bond donors (Lipinski definition) is 2. The largest absolute Gasteiger partial charge is 0.418 e. The van der Waals surface area contributed by atoms with Crippen LogP contribution in [0.4, 0.5) is 5.82 Å². The van der Waals surface area contributed by atoms with Crippen molar-refractivity contribution in [2.75, 3.05) is 5.73 Å². The van der Waals surface area contributed by atoms with Gasteiger partial charge in [-0.3, -0.25) is 0 Å². The van der Waals surface area contributed by atoms with E-state index in [9.17, 15) is 0 Å². The van der Waals surface area contributed by atoms with E-state index in [0.29, 0.717) is 5.89 Å². The van der Waals surface area contributed by atoms with E-state index in [2.05, 4.69) is 37.8 Å². The zero-order valence-corrected chi connectivity index (χ0v) is 8.10. The minimum absolute atomic E-state index is 0.118. The maximum absolute atomic E-state index is 5.44. The van der Waals surface area contributed by atoms with Crippen molar-refractivity contribution < 1.29 is 9.05 Å². The Balaban J connectivity index is 2.39. The molecule has 2 aromatic heterocycles. The molecular formula is C6H7N5O2S. The Kier molecular flexibility index (Phi) is 2.12. The first-order chi connectivity index (χ1) is 6.68. The molecule has 0 aliphatic carbocycles. The average molecular weight is 213 g/mol. The van der Waals surface area contributed by atoms with Crippen LogP contribution in [0.1, 0.15) is 18.1 Å². The summed E-state index contributed by atoms with van der Waals surface area (Å²) in [5.74, 6) is 0.692. The molecular weight excluding hydrogens is 206 g/mol. The minimum atomic E-state index is -0.141. The predicted octanol–water partition coefficient (Wildman–Crippen LogP) is 0.693. The zero-order valence-electron chi connectivity index (χ0n) is 7.21. The first kappa shape index (κ1) is 9.00. The van der Waals surface area contributed by atoms with Crippen LogP contribution in [0.3, 0.4) is 0 Å². The molecule has 0 saturated carbocycles. The molecule has 8 heteroatoms. The van der Waals surface area contributed by atoms with Crippen LogP contribution in [0.15, 0.2) is 9.05 Å². The van der Waals surface area contributed by atoms with Gasteiger partial charge in [-0.05, 0) is 17.2 Å². The molecule has 2 N–H and O–H groups in total. The van der Waals surface area contributed by atoms with Crippen molar-refractivity contribution in [1.82, 2.24) is 20.5 Å². The summed E-state index contributed by atoms with van der Waals surface area (Å²) in [6.07, 6.45) is 0. The van der Waals surface area contributed by atoms with E-state index in [-0.39, 0.29) is 22.7 Å². The molecule has 0 amide bonds. The molecule has 74 valence electrons. The van der Waals surface area contributed by atoms with Gasteiger partial charge in [-0.15, -0.1) is 10.2 Å². The average Bonchev–Trinajstić information content (AvgIpc) is 2.71. The van der Waals surface area contributed by atoms with Crippen molar-refractivity contribution in [3.63, 3.8) is 0 Å². The first-order valence-electron chi connectivity index (χ1n) is 3.78. The lowest BCUT2D eigenvalue weighted by Crippen LogP contribution is -1.88. The Hall–Kier alpha value is -1.57. The lowest BCUT2D eigenvalue weighted by molar-refractivity contribution is 0.309. The molecule has 0 fully saturated rings. The second kappa shape index (κ2) is 3.29. The summed E-state index contributed by atoms with van der Waals surface area (Å²) < 4.78 is 9.63. The number of rotatable bonds is 2. The molecule has 1 unspecified atom stereocenters. The van der Waals surface area contributed by atoms with Crippen LogP contribution in [-0.2, 0) is 0 Å². The van der Waals surface area contributed by atoms with E-state index in [1.165, 1.54) is 0 Å². The summed E-state index contributed by atoms with van der Waals surface area (Å²) in [5.41, 5.74) is 5.69. The number of hydrogen-bond acceptors (Lipinski definition) is 8. The highest BCUT2D eigenvalue weighted by Gasteiger charge is 2.17. The summed E-state index contributed by atoms with van der Waals surface area (Å²) in [7, 11) is 0. The first-order valence-corrected chi connectivity index (χ1v) is 4.30. The van der Waals surface area contributed by atoms with Crippen LogP contribution in [0.5, 0.6) is 0 Å². The predicted molar refractivity (Wildman–Crippen MR) is 49.4 cm³/mol. The van der Waals surface area contributed by atoms with E-state index in [1.807, 2.05) is 6.92 Å². The number of aromatic nitrogens is 4. The van der Waals surface area contributed by atoms with Crippen LogP contribution < -0.4 is 5.73 Å². The van der Waals surface area contributed by atoms with Crippen LogP contribution in [0, 0.1) is 0 Å². The quantitative estimate of drug-likeness (QED) is 0.707. The smallest absolute Gasteiger partial charge is 0.273 e. The van der Waals surface area contributed by atoms with Crippen molar-refractivity contribution in [3.8, 4) is 11.6 Å². The number of nitrogens with two attached hydrogens (primary N) is 1. The third-order valence-corrected chi connectivity index (χ3v) is 1.74. The Labute approximate surface area is 84.1 Å². The van der Waals surface area contributed by atoms with Crippen molar-refractivity contribution in [2.45, 2.75) is 12.2 Å². The standard InChI is InChI=1S/C6H7N5O2S/c1-2(14)5-8-9-6(12-5)3-4(7)11-13-10-3/h2,14H,1H3,(H2,7,11). The van der Waals surface area contributed by atoms with Crippen LogP contribution >= 0.6 is 12.6 Å². The lowest BCUT2D eigenvalue weighted by atomic mass is 10.4. The molecule has 7 nitrogen and oxygen atoms in total. The Bertz CT molecular complexity index is 437. The Morgan fingerprint density at radius 2 is 2.14 bits per heavy atom. The number of nitrogens with zero attached hydrogens (tertiary/aromatic N) is 4. The van der Waals surface area contributed by atoms with Crippen molar-refractivity contribution in [1.29, 1.82) is 0 Å². The molecule has 2 rings (SSSR count). The summed E-state index contributed by atoms with van der Waals surface area (Å²) in [4.78, 5) is 0. The van der Waals surface area contributed by atoms with E-state index in [1.54, 1.807) is 0 Å². The molecule has 0 saturated heterocycles. The molecule has 0 aliphatic rings. The molecule has 0 radical (unpaired) electrons. The van der Waals surface area contributed by atoms with Gasteiger partial charge in [0.1, 0.15) is 0 Å². The third kappa shape index (κ3) is 1.43. The molecule has 0 spiro atoms. The minimum Gasteiger partial charge on any atom is -0.418 e. The fourth-order valence-corrected chi connectivity index (χ4v) is 0.947. The van der Waals surface area contributed by atoms with E-state index in [0.717, 1.165) is 0 Å². The van der Waals surface area contributed by atoms with Gasteiger partial charge >= 0.3 is 0 Å². The molecule has 2 heterocycles. The number of thiol groups is 1. The SMILES string of the molecule is CC(S)c1nnc(-c2nonc2N)o1. The topological polar surface area (TPSA) is 104 Å². The van der Waals surface area contributed by atoms with Gasteiger partial charge in [0.25, 0.3) is 5.89 Å². The maximum atomic E-state index is 5.44. The summed E-state index contributed by atoms with van der Waals surface area (Å²) in [6.45, 7) is 1.81. The van der Waals surface area contributed by atoms with Crippen molar-refractivity contribution in [3.05, 3.63) is 5.89 Å². The molecule has 2 aromatic rings. The molecule has 0 aromatic carbocycles. The molecule has 14 heavy (non-hydrogen) atoms. The zero-order chi connectivity index (χ0) is 10.1. The van der Waals surface area contributed by atoms with Gasteiger partial charge < -0.3 is 10.2 Å².